The highest BCUT2D eigenvalue weighted by Gasteiger charge is 2.66. The number of nitrogens with zero attached hydrogens (tertiary/aromatic N) is 1. The lowest BCUT2D eigenvalue weighted by molar-refractivity contribution is -0.816. The van der Waals surface area contributed by atoms with Crippen LogP contribution in [-0.2, 0) is 14.0 Å². The minimum atomic E-state index is -1.57. The number of rotatable bonds is 3. The molecule has 3 aliphatic rings. The zero-order valence-electron chi connectivity index (χ0n) is 12.7. The summed E-state index contributed by atoms with van der Waals surface area (Å²) in [4.78, 5) is 0. The molecule has 21 heavy (non-hydrogen) atoms. The SMILES string of the molecule is Cc1cccc(C)c1OCC1C[N+]23CCO[B-]2(OCC3)O1. The number of hydrogen-bond acceptors (Lipinski definition) is 4. The molecule has 0 aromatic heterocycles. The van der Waals surface area contributed by atoms with Crippen molar-refractivity contribution in [1.82, 2.24) is 0 Å². The number of ether oxygens (including phenoxy) is 1. The van der Waals surface area contributed by atoms with Gasteiger partial charge in [-0.05, 0) is 25.0 Å². The van der Waals surface area contributed by atoms with Crippen molar-refractivity contribution in [2.75, 3.05) is 39.5 Å². The molecule has 4 rings (SSSR count). The fourth-order valence-electron chi connectivity index (χ4n) is 4.07. The molecule has 3 fully saturated rings. The van der Waals surface area contributed by atoms with Crippen molar-refractivity contribution in [2.24, 2.45) is 0 Å². The Balaban J connectivity index is 1.46. The molecular weight excluding hydrogens is 269 g/mol. The third-order valence-electron chi connectivity index (χ3n) is 5.15. The number of hydrogen-bond donors (Lipinski definition) is 0. The van der Waals surface area contributed by atoms with Gasteiger partial charge in [0.15, 0.2) is 0 Å². The van der Waals surface area contributed by atoms with Crippen molar-refractivity contribution in [3.05, 3.63) is 29.3 Å². The lowest BCUT2D eigenvalue weighted by atomic mass is 9.94. The van der Waals surface area contributed by atoms with Crippen molar-refractivity contribution in [3.8, 4) is 5.75 Å². The second kappa shape index (κ2) is 4.71. The molecule has 0 aliphatic carbocycles. The molecule has 114 valence electrons. The Bertz CT molecular complexity index is 514. The Labute approximate surface area is 125 Å². The highest BCUT2D eigenvalue weighted by molar-refractivity contribution is 6.54. The van der Waals surface area contributed by atoms with Gasteiger partial charge in [0, 0.05) is 0 Å². The van der Waals surface area contributed by atoms with Crippen LogP contribution in [0.4, 0.5) is 0 Å². The van der Waals surface area contributed by atoms with Gasteiger partial charge in [-0.1, -0.05) is 18.2 Å². The van der Waals surface area contributed by atoms with E-state index in [1.807, 2.05) is 0 Å². The molecule has 5 nitrogen and oxygen atoms in total. The van der Waals surface area contributed by atoms with E-state index in [0.717, 1.165) is 54.1 Å². The largest absolute Gasteiger partial charge is 0.625 e. The zero-order chi connectivity index (χ0) is 14.5. The Morgan fingerprint density at radius 1 is 1.19 bits per heavy atom. The van der Waals surface area contributed by atoms with Crippen LogP contribution < -0.4 is 4.74 Å². The van der Waals surface area contributed by atoms with Gasteiger partial charge in [-0.3, -0.25) is 0 Å². The van der Waals surface area contributed by atoms with Crippen LogP contribution in [0.1, 0.15) is 11.1 Å². The highest BCUT2D eigenvalue weighted by atomic mass is 16.8. The monoisotopic (exact) mass is 291 g/mol. The molecular formula is C15H22BNO4. The first-order valence-electron chi connectivity index (χ1n) is 7.78. The molecule has 6 heteroatoms. The normalized spacial score (nSPS) is 37.5. The summed E-state index contributed by atoms with van der Waals surface area (Å²) in [5, 5.41) is 0. The number of quaternary nitrogens is 1. The average molecular weight is 291 g/mol. The average Bonchev–Trinajstić information content (AvgIpc) is 2.99. The Morgan fingerprint density at radius 3 is 2.48 bits per heavy atom. The first kappa shape index (κ1) is 13.6. The molecule has 1 unspecified atom stereocenters. The van der Waals surface area contributed by atoms with Crippen molar-refractivity contribution in [2.45, 2.75) is 20.0 Å². The van der Waals surface area contributed by atoms with Gasteiger partial charge in [-0.15, -0.1) is 0 Å². The van der Waals surface area contributed by atoms with Gasteiger partial charge < -0.3 is 23.1 Å². The standard InChI is InChI=1S/C15H22BNO4/c1-12-4-3-5-13(2)15(12)18-11-14-10-17-6-8-19-16(17,21-14)20-9-7-17/h3-5,14H,6-11H2,1-2H3. The molecule has 1 aromatic rings. The van der Waals surface area contributed by atoms with Crippen LogP contribution in [0.2, 0.25) is 0 Å². The van der Waals surface area contributed by atoms with E-state index in [9.17, 15) is 0 Å². The number of aryl methyl sites for hydroxylation is 2. The first-order chi connectivity index (χ1) is 10.1. The summed E-state index contributed by atoms with van der Waals surface area (Å²) < 4.78 is 24.7. The van der Waals surface area contributed by atoms with Gasteiger partial charge in [-0.25, -0.2) is 0 Å². The molecule has 0 bridgehead atoms. The van der Waals surface area contributed by atoms with E-state index in [4.69, 9.17) is 18.7 Å². The maximum Gasteiger partial charge on any atom is 0.625 e. The van der Waals surface area contributed by atoms with Crippen LogP contribution in [0.5, 0.6) is 5.75 Å². The fourth-order valence-corrected chi connectivity index (χ4v) is 4.07. The van der Waals surface area contributed by atoms with E-state index < -0.39 is 6.89 Å². The zero-order valence-corrected chi connectivity index (χ0v) is 12.7. The van der Waals surface area contributed by atoms with Gasteiger partial charge in [0.1, 0.15) is 18.5 Å². The van der Waals surface area contributed by atoms with Crippen LogP contribution in [0, 0.1) is 13.8 Å². The molecule has 1 aromatic carbocycles. The predicted octanol–water partition coefficient (Wildman–Crippen LogP) is 1.39. The summed E-state index contributed by atoms with van der Waals surface area (Å²) in [5.41, 5.74) is 2.33. The maximum absolute atomic E-state index is 6.15. The predicted molar refractivity (Wildman–Crippen MR) is 78.8 cm³/mol. The quantitative estimate of drug-likeness (QED) is 0.789. The molecule has 0 N–H and O–H groups in total. The third-order valence-corrected chi connectivity index (χ3v) is 5.15. The summed E-state index contributed by atoms with van der Waals surface area (Å²) in [6.07, 6.45) is 0.0459. The molecule has 0 spiro atoms. The summed E-state index contributed by atoms with van der Waals surface area (Å²) in [6, 6.07) is 6.20. The van der Waals surface area contributed by atoms with Crippen LogP contribution in [0.3, 0.4) is 0 Å². The van der Waals surface area contributed by atoms with Crippen LogP contribution >= 0.6 is 0 Å². The molecule has 3 heterocycles. The molecule has 3 aliphatic heterocycles. The van der Waals surface area contributed by atoms with Gasteiger partial charge in [0.2, 0.25) is 0 Å². The summed E-state index contributed by atoms with van der Waals surface area (Å²) in [6.45, 7) is 7.56. The Kier molecular flexibility index (Phi) is 3.05. The molecule has 1 atom stereocenters. The summed E-state index contributed by atoms with van der Waals surface area (Å²) in [5.74, 6) is 0.972. The van der Waals surface area contributed by atoms with Gasteiger partial charge >= 0.3 is 6.89 Å². The molecule has 0 saturated carbocycles. The lowest BCUT2D eigenvalue weighted by Crippen LogP contribution is -2.59. The van der Waals surface area contributed by atoms with E-state index in [0.29, 0.717) is 6.61 Å². The smallest absolute Gasteiger partial charge is 0.490 e. The van der Waals surface area contributed by atoms with Crippen LogP contribution in [0.15, 0.2) is 18.2 Å². The minimum Gasteiger partial charge on any atom is -0.490 e. The van der Waals surface area contributed by atoms with Gasteiger partial charge in [0.05, 0.1) is 32.8 Å². The van der Waals surface area contributed by atoms with Crippen LogP contribution in [0.25, 0.3) is 0 Å². The summed E-state index contributed by atoms with van der Waals surface area (Å²) in [7, 11) is 0. The number of para-hydroxylation sites is 1. The Morgan fingerprint density at radius 2 is 1.86 bits per heavy atom. The van der Waals surface area contributed by atoms with E-state index in [2.05, 4.69) is 32.0 Å². The second-order valence-electron chi connectivity index (χ2n) is 6.48. The van der Waals surface area contributed by atoms with E-state index in [1.165, 1.54) is 0 Å². The van der Waals surface area contributed by atoms with Gasteiger partial charge in [-0.2, -0.15) is 0 Å². The first-order valence-corrected chi connectivity index (χ1v) is 7.78. The van der Waals surface area contributed by atoms with Crippen molar-refractivity contribution < 1.29 is 23.1 Å². The molecule has 3 saturated heterocycles. The summed E-state index contributed by atoms with van der Waals surface area (Å²) >= 11 is 0. The fraction of sp³-hybridized carbons (Fsp3) is 0.600. The van der Waals surface area contributed by atoms with Crippen molar-refractivity contribution >= 4 is 6.89 Å². The van der Waals surface area contributed by atoms with Gasteiger partial charge in [0.25, 0.3) is 0 Å². The van der Waals surface area contributed by atoms with Crippen LogP contribution in [-0.4, -0.2) is 56.8 Å². The van der Waals surface area contributed by atoms with Crippen molar-refractivity contribution in [3.63, 3.8) is 0 Å². The Hall–Kier alpha value is -1.08. The van der Waals surface area contributed by atoms with E-state index in [1.54, 1.807) is 0 Å². The van der Waals surface area contributed by atoms with E-state index in [-0.39, 0.29) is 6.10 Å². The second-order valence-corrected chi connectivity index (χ2v) is 6.48. The minimum absolute atomic E-state index is 0.0459. The lowest BCUT2D eigenvalue weighted by Gasteiger charge is -2.37. The van der Waals surface area contributed by atoms with Crippen molar-refractivity contribution in [1.29, 1.82) is 0 Å². The number of benzene rings is 1. The maximum atomic E-state index is 6.15. The topological polar surface area (TPSA) is 36.9 Å². The highest BCUT2D eigenvalue weighted by Crippen LogP contribution is 2.41. The molecule has 0 amide bonds. The van der Waals surface area contributed by atoms with E-state index >= 15 is 0 Å². The third kappa shape index (κ3) is 1.94. The molecule has 0 radical (unpaired) electrons.